The van der Waals surface area contributed by atoms with E-state index in [1.54, 1.807) is 7.11 Å². The van der Waals surface area contributed by atoms with Crippen LogP contribution in [0, 0.1) is 5.92 Å². The summed E-state index contributed by atoms with van der Waals surface area (Å²) >= 11 is 6.35. The van der Waals surface area contributed by atoms with Crippen molar-refractivity contribution in [2.45, 2.75) is 26.8 Å². The minimum atomic E-state index is 0.377. The fraction of sp³-hybridized carbons (Fsp3) is 0.240. The number of hydrogen-bond donors (Lipinski definition) is 0. The van der Waals surface area contributed by atoms with Crippen LogP contribution in [0.15, 0.2) is 67.1 Å². The van der Waals surface area contributed by atoms with Gasteiger partial charge in [-0.25, -0.2) is 0 Å². The summed E-state index contributed by atoms with van der Waals surface area (Å²) in [7, 11) is 1.68. The van der Waals surface area contributed by atoms with Crippen LogP contribution in [0.5, 0.6) is 5.75 Å². The van der Waals surface area contributed by atoms with Gasteiger partial charge in [0.15, 0.2) is 0 Å². The van der Waals surface area contributed by atoms with E-state index in [0.29, 0.717) is 12.0 Å². The lowest BCUT2D eigenvalue weighted by molar-refractivity contribution is 0.415. The average Bonchev–Trinajstić information content (AvgIpc) is 3.11. The minimum Gasteiger partial charge on any atom is -0.497 e. The second kappa shape index (κ2) is 7.92. The van der Waals surface area contributed by atoms with Gasteiger partial charge in [0.2, 0.25) is 0 Å². The zero-order valence-corrected chi connectivity index (χ0v) is 17.9. The van der Waals surface area contributed by atoms with Crippen molar-refractivity contribution >= 4 is 22.5 Å². The van der Waals surface area contributed by atoms with Crippen molar-refractivity contribution in [3.05, 3.63) is 72.1 Å². The Morgan fingerprint density at radius 2 is 1.72 bits per heavy atom. The highest BCUT2D eigenvalue weighted by Crippen LogP contribution is 2.37. The van der Waals surface area contributed by atoms with Crippen LogP contribution in [-0.2, 0) is 0 Å². The first-order valence-corrected chi connectivity index (χ1v) is 10.3. The Bertz CT molecular complexity index is 1160. The number of aromatic nitrogens is 2. The van der Waals surface area contributed by atoms with Crippen LogP contribution in [0.3, 0.4) is 0 Å². The molecule has 0 aliphatic rings. The van der Waals surface area contributed by atoms with Gasteiger partial charge in [0.25, 0.3) is 0 Å². The third-order valence-corrected chi connectivity index (χ3v) is 5.89. The molecule has 2 heterocycles. The Kier molecular flexibility index (Phi) is 5.33. The van der Waals surface area contributed by atoms with Crippen LogP contribution in [-0.4, -0.2) is 16.7 Å². The van der Waals surface area contributed by atoms with Crippen molar-refractivity contribution in [2.75, 3.05) is 7.11 Å². The van der Waals surface area contributed by atoms with Gasteiger partial charge in [0, 0.05) is 57.2 Å². The summed E-state index contributed by atoms with van der Waals surface area (Å²) in [6, 6.07) is 16.7. The van der Waals surface area contributed by atoms with Crippen LogP contribution in [0.25, 0.3) is 33.2 Å². The van der Waals surface area contributed by atoms with E-state index in [4.69, 9.17) is 16.3 Å². The van der Waals surface area contributed by atoms with Crippen molar-refractivity contribution in [3.63, 3.8) is 0 Å². The van der Waals surface area contributed by atoms with Gasteiger partial charge in [-0.05, 0) is 54.8 Å². The molecule has 0 fully saturated rings. The molecule has 2 aromatic heterocycles. The van der Waals surface area contributed by atoms with Crippen molar-refractivity contribution < 1.29 is 4.74 Å². The molecule has 0 N–H and O–H groups in total. The number of hydrogen-bond acceptors (Lipinski definition) is 2. The SMILES string of the molecule is COc1cccc(-c2cncc(-c3cn(C(C)C(C)C)c4ccc(Cl)cc34)c2)c1. The predicted octanol–water partition coefficient (Wildman–Crippen LogP) is 7.25. The third kappa shape index (κ3) is 3.75. The number of nitrogens with zero attached hydrogens (tertiary/aromatic N) is 2. The summed E-state index contributed by atoms with van der Waals surface area (Å²) in [5, 5.41) is 1.89. The lowest BCUT2D eigenvalue weighted by atomic mass is 10.0. The molecule has 0 amide bonds. The average molecular weight is 405 g/mol. The van der Waals surface area contributed by atoms with Crippen molar-refractivity contribution in [1.29, 1.82) is 0 Å². The van der Waals surface area contributed by atoms with Crippen LogP contribution >= 0.6 is 11.6 Å². The van der Waals surface area contributed by atoms with Crippen molar-refractivity contribution in [1.82, 2.24) is 9.55 Å². The Balaban J connectivity index is 1.88. The lowest BCUT2D eigenvalue weighted by Gasteiger charge is -2.19. The van der Waals surface area contributed by atoms with E-state index in [0.717, 1.165) is 38.4 Å². The van der Waals surface area contributed by atoms with Crippen molar-refractivity contribution in [2.24, 2.45) is 5.92 Å². The molecule has 2 aromatic carbocycles. The fourth-order valence-corrected chi connectivity index (χ4v) is 3.84. The van der Waals surface area contributed by atoms with Crippen LogP contribution in [0.1, 0.15) is 26.8 Å². The fourth-order valence-electron chi connectivity index (χ4n) is 3.66. The normalized spacial score (nSPS) is 12.5. The highest BCUT2D eigenvalue weighted by Gasteiger charge is 2.17. The summed E-state index contributed by atoms with van der Waals surface area (Å²) in [6.45, 7) is 6.75. The van der Waals surface area contributed by atoms with E-state index in [1.165, 1.54) is 5.52 Å². The first kappa shape index (κ1) is 19.5. The van der Waals surface area contributed by atoms with Gasteiger partial charge in [-0.2, -0.15) is 0 Å². The molecule has 4 rings (SSSR count). The zero-order valence-electron chi connectivity index (χ0n) is 17.2. The van der Waals surface area contributed by atoms with Gasteiger partial charge in [-0.3, -0.25) is 4.98 Å². The number of benzene rings is 2. The first-order chi connectivity index (χ1) is 14.0. The number of fused-ring (bicyclic) bond motifs is 1. The zero-order chi connectivity index (χ0) is 20.5. The largest absolute Gasteiger partial charge is 0.497 e. The molecule has 0 bridgehead atoms. The molecule has 0 saturated carbocycles. The molecule has 148 valence electrons. The van der Waals surface area contributed by atoms with Gasteiger partial charge < -0.3 is 9.30 Å². The summed E-state index contributed by atoms with van der Waals surface area (Å²) < 4.78 is 7.73. The molecule has 4 heteroatoms. The summed E-state index contributed by atoms with van der Waals surface area (Å²) in [4.78, 5) is 4.53. The smallest absolute Gasteiger partial charge is 0.119 e. The monoisotopic (exact) mass is 404 g/mol. The topological polar surface area (TPSA) is 27.1 Å². The maximum absolute atomic E-state index is 6.35. The number of pyridine rings is 1. The summed E-state index contributed by atoms with van der Waals surface area (Å²) in [5.74, 6) is 1.36. The van der Waals surface area contributed by atoms with E-state index < -0.39 is 0 Å². The molecule has 0 aliphatic heterocycles. The van der Waals surface area contributed by atoms with Crippen LogP contribution in [0.2, 0.25) is 5.02 Å². The molecule has 4 aromatic rings. The molecule has 1 atom stereocenters. The maximum atomic E-state index is 6.35. The number of rotatable bonds is 5. The second-order valence-electron chi connectivity index (χ2n) is 7.79. The molecule has 0 saturated heterocycles. The molecular formula is C25H25ClN2O. The van der Waals surface area contributed by atoms with Gasteiger partial charge in [-0.1, -0.05) is 37.6 Å². The van der Waals surface area contributed by atoms with Crippen LogP contribution in [0.4, 0.5) is 0 Å². The third-order valence-electron chi connectivity index (χ3n) is 5.65. The standard InChI is InChI=1S/C25H25ClN2O/c1-16(2)17(3)28-15-24(23-12-21(26)8-9-25(23)28)20-10-19(13-27-14-20)18-6-5-7-22(11-18)29-4/h5-17H,1-4H3. The van der Waals surface area contributed by atoms with Crippen molar-refractivity contribution in [3.8, 4) is 28.0 Å². The molecule has 1 unspecified atom stereocenters. The quantitative estimate of drug-likeness (QED) is 0.350. The second-order valence-corrected chi connectivity index (χ2v) is 8.23. The highest BCUT2D eigenvalue weighted by molar-refractivity contribution is 6.31. The van der Waals surface area contributed by atoms with Gasteiger partial charge in [-0.15, -0.1) is 0 Å². The van der Waals surface area contributed by atoms with E-state index in [9.17, 15) is 0 Å². The predicted molar refractivity (Wildman–Crippen MR) is 122 cm³/mol. The van der Waals surface area contributed by atoms with E-state index >= 15 is 0 Å². The Morgan fingerprint density at radius 1 is 0.931 bits per heavy atom. The van der Waals surface area contributed by atoms with Gasteiger partial charge >= 0.3 is 0 Å². The molecule has 0 spiro atoms. The Labute approximate surface area is 176 Å². The highest BCUT2D eigenvalue weighted by atomic mass is 35.5. The summed E-state index contributed by atoms with van der Waals surface area (Å²) in [5.41, 5.74) is 5.55. The number of halogens is 1. The van der Waals surface area contributed by atoms with E-state index in [1.807, 2.05) is 42.7 Å². The number of methoxy groups -OCH3 is 1. The Hall–Kier alpha value is -2.78. The number of ether oxygens (including phenoxy) is 1. The molecule has 3 nitrogen and oxygen atoms in total. The molecule has 0 radical (unpaired) electrons. The summed E-state index contributed by atoms with van der Waals surface area (Å²) in [6.07, 6.45) is 6.04. The Morgan fingerprint density at radius 3 is 2.48 bits per heavy atom. The minimum absolute atomic E-state index is 0.377. The molecule has 0 aliphatic carbocycles. The first-order valence-electron chi connectivity index (χ1n) is 9.88. The maximum Gasteiger partial charge on any atom is 0.119 e. The van der Waals surface area contributed by atoms with Gasteiger partial charge in [0.1, 0.15) is 5.75 Å². The van der Waals surface area contributed by atoms with E-state index in [-0.39, 0.29) is 0 Å². The molecule has 29 heavy (non-hydrogen) atoms. The lowest BCUT2D eigenvalue weighted by Crippen LogP contribution is -2.10. The van der Waals surface area contributed by atoms with Gasteiger partial charge in [0.05, 0.1) is 7.11 Å². The van der Waals surface area contributed by atoms with Crippen LogP contribution < -0.4 is 4.74 Å². The molecular weight excluding hydrogens is 380 g/mol. The van der Waals surface area contributed by atoms with E-state index in [2.05, 4.69) is 54.7 Å².